The van der Waals surface area contributed by atoms with Gasteiger partial charge in [-0.25, -0.2) is 0 Å². The third-order valence-electron chi connectivity index (χ3n) is 3.84. The van der Waals surface area contributed by atoms with Gasteiger partial charge in [0.05, 0.1) is 13.2 Å². The van der Waals surface area contributed by atoms with E-state index in [0.29, 0.717) is 13.2 Å². The second-order valence-electron chi connectivity index (χ2n) is 5.74. The third kappa shape index (κ3) is 6.04. The summed E-state index contributed by atoms with van der Waals surface area (Å²) in [5.74, 6) is 2.30. The predicted octanol–water partition coefficient (Wildman–Crippen LogP) is 2.53. The fourth-order valence-electron chi connectivity index (χ4n) is 2.52. The highest BCUT2D eigenvalue weighted by Gasteiger charge is 2.11. The van der Waals surface area contributed by atoms with Crippen molar-refractivity contribution in [2.24, 2.45) is 4.99 Å². The Labute approximate surface area is 170 Å². The fraction of sp³-hybridized carbons (Fsp3) is 0.471. The van der Waals surface area contributed by atoms with Gasteiger partial charge in [0.2, 0.25) is 0 Å². The average Bonchev–Trinajstić information content (AvgIpc) is 3.04. The summed E-state index contributed by atoms with van der Waals surface area (Å²) >= 11 is 0. The van der Waals surface area contributed by atoms with Gasteiger partial charge in [-0.3, -0.25) is 4.99 Å². The Morgan fingerprint density at radius 2 is 1.92 bits per heavy atom. The van der Waals surface area contributed by atoms with Crippen molar-refractivity contribution in [1.29, 1.82) is 0 Å². The van der Waals surface area contributed by atoms with Crippen LogP contribution in [0.1, 0.15) is 19.3 Å². The molecule has 1 aromatic heterocycles. The number of anilines is 1. The standard InChI is InChI=1S/C17H24N6O2.HI/c1-18-17(19-7-2-3-8-23-12-20-21-13-23)22-14-5-6-15-16(11-14)25-10-4-9-24-15;/h5-6,11-13H,2-4,7-10H2,1H3,(H2,18,19,22);1H. The first-order chi connectivity index (χ1) is 12.3. The van der Waals surface area contributed by atoms with Crippen LogP contribution < -0.4 is 20.1 Å². The lowest BCUT2D eigenvalue weighted by atomic mass is 10.2. The lowest BCUT2D eigenvalue weighted by Gasteiger charge is -2.14. The molecule has 9 heteroatoms. The molecule has 0 bridgehead atoms. The Morgan fingerprint density at radius 3 is 2.69 bits per heavy atom. The second-order valence-corrected chi connectivity index (χ2v) is 5.74. The number of aromatic nitrogens is 3. The molecule has 2 N–H and O–H groups in total. The third-order valence-corrected chi connectivity index (χ3v) is 3.84. The van der Waals surface area contributed by atoms with Gasteiger partial charge in [-0.1, -0.05) is 0 Å². The van der Waals surface area contributed by atoms with Gasteiger partial charge in [0, 0.05) is 38.3 Å². The number of halogens is 1. The van der Waals surface area contributed by atoms with E-state index in [9.17, 15) is 0 Å². The molecule has 1 aromatic carbocycles. The zero-order valence-corrected chi connectivity index (χ0v) is 17.2. The van der Waals surface area contributed by atoms with Crippen LogP contribution in [0, 0.1) is 0 Å². The topological polar surface area (TPSA) is 85.6 Å². The molecule has 0 saturated heterocycles. The molecule has 0 amide bonds. The minimum absolute atomic E-state index is 0. The maximum atomic E-state index is 5.71. The van der Waals surface area contributed by atoms with E-state index in [1.807, 2.05) is 22.8 Å². The van der Waals surface area contributed by atoms with Gasteiger partial charge in [0.25, 0.3) is 0 Å². The largest absolute Gasteiger partial charge is 0.490 e. The first kappa shape index (κ1) is 20.3. The maximum Gasteiger partial charge on any atom is 0.195 e. The maximum absolute atomic E-state index is 5.71. The number of nitrogens with one attached hydrogen (secondary N) is 2. The summed E-state index contributed by atoms with van der Waals surface area (Å²) in [6, 6.07) is 5.83. The molecule has 1 aliphatic heterocycles. The SMILES string of the molecule is CN=C(NCCCCn1cnnc1)Nc1ccc2c(c1)OCCCO2.I. The second kappa shape index (κ2) is 10.8. The molecule has 0 atom stereocenters. The molecule has 0 saturated carbocycles. The van der Waals surface area contributed by atoms with Gasteiger partial charge >= 0.3 is 0 Å². The molecule has 0 spiro atoms. The number of aliphatic imine (C=N–C) groups is 1. The Balaban J connectivity index is 0.00000243. The number of nitrogens with zero attached hydrogens (tertiary/aromatic N) is 4. The molecule has 3 rings (SSSR count). The van der Waals surface area contributed by atoms with Crippen LogP contribution in [-0.2, 0) is 6.54 Å². The fourth-order valence-corrected chi connectivity index (χ4v) is 2.52. The van der Waals surface area contributed by atoms with E-state index < -0.39 is 0 Å². The molecular weight excluding hydrogens is 447 g/mol. The van der Waals surface area contributed by atoms with Crippen LogP contribution in [0.25, 0.3) is 0 Å². The van der Waals surface area contributed by atoms with E-state index in [4.69, 9.17) is 9.47 Å². The van der Waals surface area contributed by atoms with Gasteiger partial charge in [0.15, 0.2) is 17.5 Å². The summed E-state index contributed by atoms with van der Waals surface area (Å²) in [4.78, 5) is 4.26. The Hall–Kier alpha value is -2.04. The molecule has 26 heavy (non-hydrogen) atoms. The number of unbranched alkanes of at least 4 members (excludes halogenated alkanes) is 1. The molecule has 2 heterocycles. The average molecular weight is 472 g/mol. The molecular formula is C17H25IN6O2. The van der Waals surface area contributed by atoms with Crippen molar-refractivity contribution in [3.05, 3.63) is 30.9 Å². The van der Waals surface area contributed by atoms with Crippen LogP contribution in [0.3, 0.4) is 0 Å². The summed E-state index contributed by atoms with van der Waals surface area (Å²) in [5, 5.41) is 14.2. The lowest BCUT2D eigenvalue weighted by Crippen LogP contribution is -2.31. The van der Waals surface area contributed by atoms with Gasteiger partial charge in [0.1, 0.15) is 12.7 Å². The van der Waals surface area contributed by atoms with Crippen LogP contribution in [0.2, 0.25) is 0 Å². The molecule has 142 valence electrons. The number of ether oxygens (including phenoxy) is 2. The first-order valence-corrected chi connectivity index (χ1v) is 8.55. The number of fused-ring (bicyclic) bond motifs is 1. The Bertz CT molecular complexity index is 693. The van der Waals surface area contributed by atoms with Crippen LogP contribution in [-0.4, -0.2) is 47.5 Å². The highest BCUT2D eigenvalue weighted by molar-refractivity contribution is 14.0. The molecule has 8 nitrogen and oxygen atoms in total. The van der Waals surface area contributed by atoms with E-state index in [-0.39, 0.29) is 24.0 Å². The molecule has 0 radical (unpaired) electrons. The van der Waals surface area contributed by atoms with Crippen LogP contribution in [0.4, 0.5) is 5.69 Å². The van der Waals surface area contributed by atoms with Crippen molar-refractivity contribution in [2.45, 2.75) is 25.8 Å². The number of aryl methyl sites for hydroxylation is 1. The van der Waals surface area contributed by atoms with Crippen molar-refractivity contribution < 1.29 is 9.47 Å². The van der Waals surface area contributed by atoms with Gasteiger partial charge in [-0.15, -0.1) is 34.2 Å². The molecule has 1 aliphatic rings. The monoisotopic (exact) mass is 472 g/mol. The van der Waals surface area contributed by atoms with E-state index in [2.05, 4.69) is 25.8 Å². The predicted molar refractivity (Wildman–Crippen MR) is 112 cm³/mol. The zero-order valence-electron chi connectivity index (χ0n) is 14.9. The molecule has 0 aliphatic carbocycles. The van der Waals surface area contributed by atoms with Crippen molar-refractivity contribution >= 4 is 35.6 Å². The lowest BCUT2D eigenvalue weighted by molar-refractivity contribution is 0.297. The van der Waals surface area contributed by atoms with Crippen molar-refractivity contribution in [3.63, 3.8) is 0 Å². The van der Waals surface area contributed by atoms with Crippen molar-refractivity contribution in [1.82, 2.24) is 20.1 Å². The normalized spacial score (nSPS) is 13.5. The quantitative estimate of drug-likeness (QED) is 0.291. The van der Waals surface area contributed by atoms with Gasteiger partial charge < -0.3 is 24.7 Å². The zero-order chi connectivity index (χ0) is 17.3. The van der Waals surface area contributed by atoms with E-state index in [1.165, 1.54) is 0 Å². The van der Waals surface area contributed by atoms with Crippen LogP contribution in [0.15, 0.2) is 35.8 Å². The minimum atomic E-state index is 0. The smallest absolute Gasteiger partial charge is 0.195 e. The van der Waals surface area contributed by atoms with Crippen molar-refractivity contribution in [2.75, 3.05) is 32.1 Å². The van der Waals surface area contributed by atoms with Gasteiger partial charge in [-0.2, -0.15) is 0 Å². The van der Waals surface area contributed by atoms with Crippen molar-refractivity contribution in [3.8, 4) is 11.5 Å². The minimum Gasteiger partial charge on any atom is -0.490 e. The first-order valence-electron chi connectivity index (χ1n) is 8.55. The number of hydrogen-bond acceptors (Lipinski definition) is 5. The number of guanidine groups is 1. The summed E-state index contributed by atoms with van der Waals surface area (Å²) in [6.45, 7) is 3.13. The highest BCUT2D eigenvalue weighted by Crippen LogP contribution is 2.32. The summed E-state index contributed by atoms with van der Waals surface area (Å²) in [7, 11) is 1.76. The van der Waals surface area contributed by atoms with Crippen LogP contribution >= 0.6 is 24.0 Å². The van der Waals surface area contributed by atoms with Crippen LogP contribution in [0.5, 0.6) is 11.5 Å². The Kier molecular flexibility index (Phi) is 8.45. The molecule has 2 aromatic rings. The van der Waals surface area contributed by atoms with E-state index in [1.54, 1.807) is 19.7 Å². The summed E-state index contributed by atoms with van der Waals surface area (Å²) in [5.41, 5.74) is 0.918. The van der Waals surface area contributed by atoms with E-state index in [0.717, 1.165) is 55.5 Å². The molecule has 0 unspecified atom stereocenters. The van der Waals surface area contributed by atoms with E-state index >= 15 is 0 Å². The summed E-state index contributed by atoms with van der Waals surface area (Å²) < 4.78 is 13.3. The number of rotatable bonds is 6. The highest BCUT2D eigenvalue weighted by atomic mass is 127. The number of benzene rings is 1. The summed E-state index contributed by atoms with van der Waals surface area (Å²) in [6.07, 6.45) is 6.44. The number of hydrogen-bond donors (Lipinski definition) is 2. The van der Waals surface area contributed by atoms with Gasteiger partial charge in [-0.05, 0) is 25.0 Å². The Morgan fingerprint density at radius 1 is 1.15 bits per heavy atom. The molecule has 0 fully saturated rings.